The zero-order valence-electron chi connectivity index (χ0n) is 11.4. The first-order valence-electron chi connectivity index (χ1n) is 7.00. The molecule has 0 aliphatic heterocycles. The second-order valence-electron chi connectivity index (χ2n) is 5.49. The standard InChI is InChI=1S/C16H25N/c1-4-9-17-11-15-7-8-16(15)14-6-5-12(2)13(3)10-14/h5-6,10,15-17H,4,7-9,11H2,1-3H3. The third-order valence-corrected chi connectivity index (χ3v) is 4.21. The lowest BCUT2D eigenvalue weighted by molar-refractivity contribution is 0.246. The lowest BCUT2D eigenvalue weighted by atomic mass is 9.69. The van der Waals surface area contributed by atoms with Crippen molar-refractivity contribution in [3.8, 4) is 0 Å². The van der Waals surface area contributed by atoms with E-state index in [1.165, 1.54) is 36.9 Å². The van der Waals surface area contributed by atoms with Crippen LogP contribution in [0.1, 0.15) is 48.8 Å². The van der Waals surface area contributed by atoms with Crippen molar-refractivity contribution >= 4 is 0 Å². The molecule has 0 aromatic heterocycles. The van der Waals surface area contributed by atoms with Gasteiger partial charge in [0, 0.05) is 0 Å². The van der Waals surface area contributed by atoms with Crippen LogP contribution in [0.3, 0.4) is 0 Å². The number of hydrogen-bond donors (Lipinski definition) is 1. The van der Waals surface area contributed by atoms with Gasteiger partial charge in [-0.2, -0.15) is 0 Å². The number of nitrogens with one attached hydrogen (secondary N) is 1. The van der Waals surface area contributed by atoms with Gasteiger partial charge in [0.2, 0.25) is 0 Å². The molecule has 1 N–H and O–H groups in total. The molecular weight excluding hydrogens is 206 g/mol. The summed E-state index contributed by atoms with van der Waals surface area (Å²) >= 11 is 0. The Morgan fingerprint density at radius 1 is 1.18 bits per heavy atom. The Balaban J connectivity index is 1.95. The summed E-state index contributed by atoms with van der Waals surface area (Å²) in [5.41, 5.74) is 4.41. The molecule has 17 heavy (non-hydrogen) atoms. The molecule has 1 aromatic carbocycles. The Bertz CT molecular complexity index is 370. The molecule has 1 aromatic rings. The normalized spacial score (nSPS) is 23.5. The van der Waals surface area contributed by atoms with Crippen LogP contribution in [-0.2, 0) is 0 Å². The molecule has 1 aliphatic carbocycles. The summed E-state index contributed by atoms with van der Waals surface area (Å²) in [6, 6.07) is 7.00. The molecule has 1 heteroatoms. The second-order valence-corrected chi connectivity index (χ2v) is 5.49. The van der Waals surface area contributed by atoms with E-state index in [1.54, 1.807) is 5.56 Å². The van der Waals surface area contributed by atoms with E-state index in [9.17, 15) is 0 Å². The molecule has 2 unspecified atom stereocenters. The van der Waals surface area contributed by atoms with Crippen molar-refractivity contribution in [1.82, 2.24) is 5.32 Å². The summed E-state index contributed by atoms with van der Waals surface area (Å²) in [6.07, 6.45) is 4.01. The Hall–Kier alpha value is -0.820. The van der Waals surface area contributed by atoms with Crippen LogP contribution in [0.2, 0.25) is 0 Å². The maximum Gasteiger partial charge on any atom is -0.00147 e. The summed E-state index contributed by atoms with van der Waals surface area (Å²) in [5.74, 6) is 1.67. The van der Waals surface area contributed by atoms with E-state index in [1.807, 2.05) is 0 Å². The Kier molecular flexibility index (Phi) is 4.22. The molecule has 0 heterocycles. The van der Waals surface area contributed by atoms with Crippen molar-refractivity contribution < 1.29 is 0 Å². The van der Waals surface area contributed by atoms with Crippen LogP contribution in [-0.4, -0.2) is 13.1 Å². The zero-order chi connectivity index (χ0) is 12.3. The first-order valence-corrected chi connectivity index (χ1v) is 7.00. The van der Waals surface area contributed by atoms with Gasteiger partial charge in [0.15, 0.2) is 0 Å². The number of benzene rings is 1. The van der Waals surface area contributed by atoms with Crippen molar-refractivity contribution in [2.24, 2.45) is 5.92 Å². The van der Waals surface area contributed by atoms with E-state index in [-0.39, 0.29) is 0 Å². The Morgan fingerprint density at radius 3 is 2.59 bits per heavy atom. The zero-order valence-corrected chi connectivity index (χ0v) is 11.4. The molecule has 94 valence electrons. The first-order chi connectivity index (χ1) is 8.22. The predicted octanol–water partition coefficient (Wildman–Crippen LogP) is 3.80. The molecule has 2 atom stereocenters. The van der Waals surface area contributed by atoms with Crippen LogP contribution in [0.25, 0.3) is 0 Å². The van der Waals surface area contributed by atoms with E-state index >= 15 is 0 Å². The van der Waals surface area contributed by atoms with Crippen molar-refractivity contribution in [3.63, 3.8) is 0 Å². The number of aryl methyl sites for hydroxylation is 2. The highest BCUT2D eigenvalue weighted by molar-refractivity contribution is 5.33. The minimum atomic E-state index is 0.804. The molecule has 0 spiro atoms. The van der Waals surface area contributed by atoms with Gasteiger partial charge in [0.25, 0.3) is 0 Å². The molecule has 2 rings (SSSR count). The highest BCUT2D eigenvalue weighted by Crippen LogP contribution is 2.42. The molecule has 1 fully saturated rings. The van der Waals surface area contributed by atoms with Gasteiger partial charge in [-0.25, -0.2) is 0 Å². The minimum absolute atomic E-state index is 0.804. The van der Waals surface area contributed by atoms with E-state index in [2.05, 4.69) is 44.3 Å². The Labute approximate surface area is 106 Å². The van der Waals surface area contributed by atoms with Crippen molar-refractivity contribution in [3.05, 3.63) is 34.9 Å². The molecule has 1 nitrogen and oxygen atoms in total. The van der Waals surface area contributed by atoms with Crippen LogP contribution >= 0.6 is 0 Å². The first kappa shape index (κ1) is 12.6. The molecular formula is C16H25N. The average molecular weight is 231 g/mol. The summed E-state index contributed by atoms with van der Waals surface area (Å²) in [7, 11) is 0. The second kappa shape index (κ2) is 5.68. The highest BCUT2D eigenvalue weighted by Gasteiger charge is 2.31. The summed E-state index contributed by atoms with van der Waals surface area (Å²) in [4.78, 5) is 0. The van der Waals surface area contributed by atoms with E-state index in [0.717, 1.165) is 18.4 Å². The lowest BCUT2D eigenvalue weighted by Crippen LogP contribution is -2.34. The highest BCUT2D eigenvalue weighted by atomic mass is 14.9. The quantitative estimate of drug-likeness (QED) is 0.760. The largest absolute Gasteiger partial charge is 0.316 e. The van der Waals surface area contributed by atoms with Crippen LogP contribution in [0, 0.1) is 19.8 Å². The fourth-order valence-corrected chi connectivity index (χ4v) is 2.71. The smallest absolute Gasteiger partial charge is 0.00147 e. The fraction of sp³-hybridized carbons (Fsp3) is 0.625. The van der Waals surface area contributed by atoms with Crippen LogP contribution in [0.15, 0.2) is 18.2 Å². The molecule has 1 aliphatic rings. The van der Waals surface area contributed by atoms with Gasteiger partial charge in [0.1, 0.15) is 0 Å². The molecule has 0 saturated heterocycles. The van der Waals surface area contributed by atoms with Crippen molar-refractivity contribution in [2.75, 3.05) is 13.1 Å². The number of hydrogen-bond acceptors (Lipinski definition) is 1. The maximum atomic E-state index is 3.56. The topological polar surface area (TPSA) is 12.0 Å². The van der Waals surface area contributed by atoms with Gasteiger partial charge in [-0.3, -0.25) is 0 Å². The van der Waals surface area contributed by atoms with E-state index in [4.69, 9.17) is 0 Å². The monoisotopic (exact) mass is 231 g/mol. The third kappa shape index (κ3) is 2.90. The molecule has 1 saturated carbocycles. The lowest BCUT2D eigenvalue weighted by Gasteiger charge is -2.37. The summed E-state index contributed by atoms with van der Waals surface area (Å²) in [5, 5.41) is 3.56. The third-order valence-electron chi connectivity index (χ3n) is 4.21. The van der Waals surface area contributed by atoms with Crippen molar-refractivity contribution in [1.29, 1.82) is 0 Å². The fourth-order valence-electron chi connectivity index (χ4n) is 2.71. The predicted molar refractivity (Wildman–Crippen MR) is 74.5 cm³/mol. The summed E-state index contributed by atoms with van der Waals surface area (Å²) < 4.78 is 0. The van der Waals surface area contributed by atoms with E-state index < -0.39 is 0 Å². The average Bonchev–Trinajstić information content (AvgIpc) is 2.28. The Morgan fingerprint density at radius 2 is 2.00 bits per heavy atom. The van der Waals surface area contributed by atoms with Gasteiger partial charge in [0.05, 0.1) is 0 Å². The maximum absolute atomic E-state index is 3.56. The van der Waals surface area contributed by atoms with Gasteiger partial charge in [-0.15, -0.1) is 0 Å². The SMILES string of the molecule is CCCNCC1CCC1c1ccc(C)c(C)c1. The van der Waals surface area contributed by atoms with Gasteiger partial charge in [-0.1, -0.05) is 25.1 Å². The van der Waals surface area contributed by atoms with E-state index in [0.29, 0.717) is 0 Å². The minimum Gasteiger partial charge on any atom is -0.316 e. The van der Waals surface area contributed by atoms with Gasteiger partial charge >= 0.3 is 0 Å². The van der Waals surface area contributed by atoms with Gasteiger partial charge < -0.3 is 5.32 Å². The molecule has 0 bridgehead atoms. The molecule has 0 radical (unpaired) electrons. The number of rotatable bonds is 5. The van der Waals surface area contributed by atoms with Crippen LogP contribution in [0.5, 0.6) is 0 Å². The van der Waals surface area contributed by atoms with Crippen LogP contribution < -0.4 is 5.32 Å². The van der Waals surface area contributed by atoms with Crippen molar-refractivity contribution in [2.45, 2.75) is 46.0 Å². The van der Waals surface area contributed by atoms with Gasteiger partial charge in [-0.05, 0) is 74.7 Å². The summed E-state index contributed by atoms with van der Waals surface area (Å²) in [6.45, 7) is 9.01. The van der Waals surface area contributed by atoms with Crippen LogP contribution in [0.4, 0.5) is 0 Å². The molecule has 0 amide bonds.